The van der Waals surface area contributed by atoms with Gasteiger partial charge in [-0.2, -0.15) is 0 Å². The number of hydrogen-bond donors (Lipinski definition) is 2. The quantitative estimate of drug-likeness (QED) is 0.811. The minimum Gasteiger partial charge on any atom is -0.341 e. The molecule has 1 saturated heterocycles. The van der Waals surface area contributed by atoms with Gasteiger partial charge in [0.05, 0.1) is 5.69 Å². The van der Waals surface area contributed by atoms with Crippen LogP contribution in [-0.2, 0) is 0 Å². The number of rotatable bonds is 2. The molecule has 6 heteroatoms. The summed E-state index contributed by atoms with van der Waals surface area (Å²) in [6.45, 7) is 1.54. The second kappa shape index (κ2) is 4.81. The average molecular weight is 257 g/mol. The first-order valence-corrected chi connectivity index (χ1v) is 6.24. The van der Waals surface area contributed by atoms with Crippen molar-refractivity contribution < 1.29 is 0 Å². The summed E-state index contributed by atoms with van der Waals surface area (Å²) >= 11 is 0. The topological polar surface area (TPSA) is 87.9 Å². The van der Waals surface area contributed by atoms with E-state index in [2.05, 4.69) is 15.0 Å². The van der Waals surface area contributed by atoms with Crippen molar-refractivity contribution in [2.45, 2.75) is 12.5 Å². The first kappa shape index (κ1) is 11.9. The maximum atomic E-state index is 11.7. The molecule has 1 aliphatic rings. The largest absolute Gasteiger partial charge is 0.341 e. The van der Waals surface area contributed by atoms with Gasteiger partial charge in [0.2, 0.25) is 5.95 Å². The second-order valence-corrected chi connectivity index (χ2v) is 4.69. The third kappa shape index (κ3) is 2.48. The van der Waals surface area contributed by atoms with Gasteiger partial charge in [0.15, 0.2) is 0 Å². The minimum absolute atomic E-state index is 0.146. The van der Waals surface area contributed by atoms with Crippen molar-refractivity contribution in [2.75, 3.05) is 18.0 Å². The van der Waals surface area contributed by atoms with E-state index in [1.807, 2.05) is 17.0 Å². The van der Waals surface area contributed by atoms with Crippen LogP contribution in [0.3, 0.4) is 0 Å². The zero-order valence-corrected chi connectivity index (χ0v) is 10.4. The predicted octanol–water partition coefficient (Wildman–Crippen LogP) is 0.369. The van der Waals surface area contributed by atoms with Crippen LogP contribution in [0.2, 0.25) is 0 Å². The Morgan fingerprint density at radius 3 is 3.05 bits per heavy atom. The Morgan fingerprint density at radius 1 is 1.47 bits per heavy atom. The fraction of sp³-hybridized carbons (Fsp3) is 0.308. The van der Waals surface area contributed by atoms with Crippen LogP contribution in [-0.4, -0.2) is 34.1 Å². The van der Waals surface area contributed by atoms with Gasteiger partial charge in [-0.25, -0.2) is 4.98 Å². The van der Waals surface area contributed by atoms with Gasteiger partial charge >= 0.3 is 0 Å². The molecule has 3 rings (SSSR count). The van der Waals surface area contributed by atoms with Gasteiger partial charge in [-0.05, 0) is 18.6 Å². The standard InChI is InChI=1S/C13H15N5O/c14-10-3-5-18(8-10)13-16-11(6-12(19)17-13)9-2-1-4-15-7-9/h1-2,4,6-7,10H,3,5,8,14H2,(H,16,17,19). The van der Waals surface area contributed by atoms with E-state index in [4.69, 9.17) is 5.73 Å². The molecule has 1 fully saturated rings. The van der Waals surface area contributed by atoms with E-state index in [0.29, 0.717) is 11.6 Å². The van der Waals surface area contributed by atoms with E-state index >= 15 is 0 Å². The third-order valence-corrected chi connectivity index (χ3v) is 3.21. The molecule has 0 bridgehead atoms. The molecule has 98 valence electrons. The molecule has 2 aromatic heterocycles. The average Bonchev–Trinajstić information content (AvgIpc) is 2.86. The summed E-state index contributed by atoms with van der Waals surface area (Å²) in [6.07, 6.45) is 4.30. The summed E-state index contributed by atoms with van der Waals surface area (Å²) in [7, 11) is 0. The van der Waals surface area contributed by atoms with Crippen LogP contribution in [0.15, 0.2) is 35.4 Å². The lowest BCUT2D eigenvalue weighted by molar-refractivity contribution is 0.750. The van der Waals surface area contributed by atoms with Crippen LogP contribution in [0.4, 0.5) is 5.95 Å². The Hall–Kier alpha value is -2.21. The van der Waals surface area contributed by atoms with Crippen LogP contribution >= 0.6 is 0 Å². The molecular formula is C13H15N5O. The molecule has 1 aliphatic heterocycles. The van der Waals surface area contributed by atoms with Crippen LogP contribution in [0.5, 0.6) is 0 Å². The molecule has 0 aliphatic carbocycles. The Bertz CT molecular complexity index is 624. The van der Waals surface area contributed by atoms with E-state index in [0.717, 1.165) is 25.1 Å². The fourth-order valence-electron chi connectivity index (χ4n) is 2.24. The first-order valence-electron chi connectivity index (χ1n) is 6.24. The molecule has 3 heterocycles. The number of nitrogens with zero attached hydrogens (tertiary/aromatic N) is 3. The van der Waals surface area contributed by atoms with Gasteiger partial charge in [-0.3, -0.25) is 14.8 Å². The molecular weight excluding hydrogens is 242 g/mol. The molecule has 3 N–H and O–H groups in total. The summed E-state index contributed by atoms with van der Waals surface area (Å²) in [5.41, 5.74) is 7.18. The van der Waals surface area contributed by atoms with Gasteiger partial charge in [0.1, 0.15) is 0 Å². The zero-order chi connectivity index (χ0) is 13.2. The lowest BCUT2D eigenvalue weighted by Crippen LogP contribution is -2.29. The zero-order valence-electron chi connectivity index (χ0n) is 10.4. The van der Waals surface area contributed by atoms with Gasteiger partial charge in [0, 0.05) is 43.2 Å². The number of H-pyrrole nitrogens is 1. The maximum Gasteiger partial charge on any atom is 0.252 e. The Balaban J connectivity index is 1.99. The molecule has 2 aromatic rings. The Labute approximate surface area is 110 Å². The number of aromatic amines is 1. The van der Waals surface area contributed by atoms with Crippen molar-refractivity contribution in [3.63, 3.8) is 0 Å². The van der Waals surface area contributed by atoms with Crippen molar-refractivity contribution in [3.8, 4) is 11.3 Å². The number of nitrogens with two attached hydrogens (primary N) is 1. The first-order chi connectivity index (χ1) is 9.22. The number of anilines is 1. The Morgan fingerprint density at radius 2 is 2.37 bits per heavy atom. The molecule has 0 saturated carbocycles. The molecule has 0 radical (unpaired) electrons. The van der Waals surface area contributed by atoms with Gasteiger partial charge in [-0.1, -0.05) is 0 Å². The summed E-state index contributed by atoms with van der Waals surface area (Å²) in [5, 5.41) is 0. The monoisotopic (exact) mass is 257 g/mol. The summed E-state index contributed by atoms with van der Waals surface area (Å²) in [6, 6.07) is 5.33. The lowest BCUT2D eigenvalue weighted by atomic mass is 10.2. The van der Waals surface area contributed by atoms with Gasteiger partial charge < -0.3 is 10.6 Å². The molecule has 19 heavy (non-hydrogen) atoms. The van der Waals surface area contributed by atoms with E-state index in [1.54, 1.807) is 12.4 Å². The number of aromatic nitrogens is 3. The highest BCUT2D eigenvalue weighted by Crippen LogP contribution is 2.18. The van der Waals surface area contributed by atoms with Crippen molar-refractivity contribution in [2.24, 2.45) is 5.73 Å². The van der Waals surface area contributed by atoms with Crippen molar-refractivity contribution in [3.05, 3.63) is 40.9 Å². The van der Waals surface area contributed by atoms with Crippen molar-refractivity contribution in [1.82, 2.24) is 15.0 Å². The fourth-order valence-corrected chi connectivity index (χ4v) is 2.24. The summed E-state index contributed by atoms with van der Waals surface area (Å²) < 4.78 is 0. The van der Waals surface area contributed by atoms with Crippen molar-refractivity contribution in [1.29, 1.82) is 0 Å². The number of hydrogen-bond acceptors (Lipinski definition) is 5. The molecule has 0 aromatic carbocycles. The minimum atomic E-state index is -0.163. The third-order valence-electron chi connectivity index (χ3n) is 3.21. The second-order valence-electron chi connectivity index (χ2n) is 4.69. The predicted molar refractivity (Wildman–Crippen MR) is 72.9 cm³/mol. The SMILES string of the molecule is NC1CCN(c2nc(-c3cccnc3)cc(=O)[nH]2)C1. The van der Waals surface area contributed by atoms with E-state index in [9.17, 15) is 4.79 Å². The summed E-state index contributed by atoms with van der Waals surface area (Å²) in [5.74, 6) is 0.583. The summed E-state index contributed by atoms with van der Waals surface area (Å²) in [4.78, 5) is 25.1. The van der Waals surface area contributed by atoms with Crippen LogP contribution in [0.1, 0.15) is 6.42 Å². The number of nitrogens with one attached hydrogen (secondary N) is 1. The normalized spacial score (nSPS) is 18.8. The molecule has 0 spiro atoms. The van der Waals surface area contributed by atoms with Crippen LogP contribution in [0, 0.1) is 0 Å². The number of pyridine rings is 1. The smallest absolute Gasteiger partial charge is 0.252 e. The van der Waals surface area contributed by atoms with Gasteiger partial charge in [0.25, 0.3) is 5.56 Å². The van der Waals surface area contributed by atoms with E-state index < -0.39 is 0 Å². The van der Waals surface area contributed by atoms with Gasteiger partial charge in [-0.15, -0.1) is 0 Å². The molecule has 1 unspecified atom stereocenters. The molecule has 0 amide bonds. The lowest BCUT2D eigenvalue weighted by Gasteiger charge is -2.16. The molecule has 6 nitrogen and oxygen atoms in total. The highest BCUT2D eigenvalue weighted by Gasteiger charge is 2.21. The van der Waals surface area contributed by atoms with E-state index in [-0.39, 0.29) is 11.6 Å². The Kier molecular flexibility index (Phi) is 3.00. The van der Waals surface area contributed by atoms with E-state index in [1.165, 1.54) is 6.07 Å². The maximum absolute atomic E-state index is 11.7. The molecule has 1 atom stereocenters. The van der Waals surface area contributed by atoms with Crippen molar-refractivity contribution >= 4 is 5.95 Å². The van der Waals surface area contributed by atoms with Crippen LogP contribution < -0.4 is 16.2 Å². The highest BCUT2D eigenvalue weighted by atomic mass is 16.1. The van der Waals surface area contributed by atoms with Crippen LogP contribution in [0.25, 0.3) is 11.3 Å². The highest BCUT2D eigenvalue weighted by molar-refractivity contribution is 5.58.